The van der Waals surface area contributed by atoms with E-state index < -0.39 is 0 Å². The molecule has 5 rings (SSSR count). The van der Waals surface area contributed by atoms with Crippen LogP contribution in [-0.4, -0.2) is 20.4 Å². The van der Waals surface area contributed by atoms with Crippen molar-refractivity contribution in [1.82, 2.24) is 14.6 Å². The van der Waals surface area contributed by atoms with Crippen LogP contribution in [0.4, 0.5) is 0 Å². The molecule has 3 aromatic carbocycles. The van der Waals surface area contributed by atoms with Crippen molar-refractivity contribution >= 4 is 22.3 Å². The van der Waals surface area contributed by atoms with E-state index in [4.69, 9.17) is 4.42 Å². The number of fused-ring (bicyclic) bond motifs is 2. The number of ketones is 1. The summed E-state index contributed by atoms with van der Waals surface area (Å²) < 4.78 is 7.56. The van der Waals surface area contributed by atoms with Crippen LogP contribution in [0.15, 0.2) is 71.1 Å². The number of nitrogens with zero attached hydrogens (tertiary/aromatic N) is 3. The topological polar surface area (TPSA) is 60.4 Å². The molecular formula is C25H21N3O2. The van der Waals surface area contributed by atoms with Crippen LogP contribution in [0.2, 0.25) is 0 Å². The minimum Gasteiger partial charge on any atom is -0.416 e. The van der Waals surface area contributed by atoms with Gasteiger partial charge in [-0.2, -0.15) is 4.52 Å². The quantitative estimate of drug-likeness (QED) is 0.365. The molecule has 0 amide bonds. The Morgan fingerprint density at radius 2 is 1.73 bits per heavy atom. The van der Waals surface area contributed by atoms with Gasteiger partial charge in [0, 0.05) is 17.5 Å². The highest BCUT2D eigenvalue weighted by Gasteiger charge is 2.15. The normalized spacial score (nSPS) is 11.4. The lowest BCUT2D eigenvalue weighted by molar-refractivity contribution is 0.0983. The largest absolute Gasteiger partial charge is 0.416 e. The molecule has 0 aliphatic rings. The Morgan fingerprint density at radius 1 is 0.967 bits per heavy atom. The summed E-state index contributed by atoms with van der Waals surface area (Å²) in [5, 5.41) is 6.90. The maximum Gasteiger partial charge on any atom is 0.246 e. The Morgan fingerprint density at radius 3 is 2.53 bits per heavy atom. The van der Waals surface area contributed by atoms with Crippen LogP contribution in [0.25, 0.3) is 27.9 Å². The number of carbonyl (C=O) groups excluding carboxylic acids is 1. The molecule has 0 saturated heterocycles. The zero-order valence-electron chi connectivity index (χ0n) is 16.9. The maximum absolute atomic E-state index is 12.7. The summed E-state index contributed by atoms with van der Waals surface area (Å²) in [5.74, 6) is 1.44. The van der Waals surface area contributed by atoms with E-state index in [1.165, 1.54) is 16.3 Å². The molecule has 2 aromatic heterocycles. The first-order chi connectivity index (χ1) is 14.6. The second-order valence-corrected chi connectivity index (χ2v) is 7.51. The lowest BCUT2D eigenvalue weighted by Gasteiger charge is -2.06. The van der Waals surface area contributed by atoms with Crippen LogP contribution in [0, 0.1) is 13.8 Å². The third kappa shape index (κ3) is 3.18. The Kier molecular flexibility index (Phi) is 4.43. The van der Waals surface area contributed by atoms with Gasteiger partial charge in [0.05, 0.1) is 0 Å². The third-order valence-electron chi connectivity index (χ3n) is 5.48. The molecule has 0 unspecified atom stereocenters. The Labute approximate surface area is 174 Å². The highest BCUT2D eigenvalue weighted by atomic mass is 16.4. The molecule has 0 radical (unpaired) electrons. The van der Waals surface area contributed by atoms with Crippen LogP contribution in [0.5, 0.6) is 0 Å². The van der Waals surface area contributed by atoms with Crippen molar-refractivity contribution in [3.63, 3.8) is 0 Å². The number of aryl methyl sites for hydroxylation is 3. The van der Waals surface area contributed by atoms with Gasteiger partial charge in [-0.05, 0) is 48.7 Å². The molecule has 0 saturated carbocycles. The van der Waals surface area contributed by atoms with Gasteiger partial charge in [0.1, 0.15) is 11.5 Å². The first-order valence-electron chi connectivity index (χ1n) is 10.0. The zero-order valence-corrected chi connectivity index (χ0v) is 16.9. The van der Waals surface area contributed by atoms with Gasteiger partial charge in [0.15, 0.2) is 5.78 Å². The monoisotopic (exact) mass is 395 g/mol. The molecule has 0 atom stereocenters. The van der Waals surface area contributed by atoms with E-state index in [9.17, 15) is 4.79 Å². The summed E-state index contributed by atoms with van der Waals surface area (Å²) in [7, 11) is 0. The first kappa shape index (κ1) is 18.3. The van der Waals surface area contributed by atoms with Crippen molar-refractivity contribution in [2.24, 2.45) is 0 Å². The summed E-state index contributed by atoms with van der Waals surface area (Å²) in [6, 6.07) is 22.0. The second-order valence-electron chi connectivity index (χ2n) is 7.51. The predicted octanol–water partition coefficient (Wildman–Crippen LogP) is 5.57. The molecule has 5 aromatic rings. The van der Waals surface area contributed by atoms with Gasteiger partial charge in [0.2, 0.25) is 11.6 Å². The Bertz CT molecular complexity index is 1340. The van der Waals surface area contributed by atoms with Crippen molar-refractivity contribution in [2.75, 3.05) is 0 Å². The Balaban J connectivity index is 1.33. The van der Waals surface area contributed by atoms with E-state index >= 15 is 0 Å². The maximum atomic E-state index is 12.7. The lowest BCUT2D eigenvalue weighted by Crippen LogP contribution is -2.01. The van der Waals surface area contributed by atoms with Crippen LogP contribution in [0.3, 0.4) is 0 Å². The van der Waals surface area contributed by atoms with Crippen molar-refractivity contribution in [1.29, 1.82) is 0 Å². The Hall–Kier alpha value is -3.73. The summed E-state index contributed by atoms with van der Waals surface area (Å²) in [6.07, 6.45) is 1.19. The van der Waals surface area contributed by atoms with E-state index in [1.54, 1.807) is 4.52 Å². The average Bonchev–Trinajstić information content (AvgIpc) is 3.33. The molecule has 0 aliphatic carbocycles. The summed E-state index contributed by atoms with van der Waals surface area (Å²) in [5.41, 5.74) is 4.20. The molecule has 0 bridgehead atoms. The lowest BCUT2D eigenvalue weighted by atomic mass is 9.98. The number of Topliss-reactive ketones (excluding diaryl/α,β-unsaturated/α-hetero) is 1. The number of hydrogen-bond acceptors (Lipinski definition) is 4. The van der Waals surface area contributed by atoms with E-state index in [1.807, 2.05) is 56.3 Å². The molecule has 0 spiro atoms. The molecule has 30 heavy (non-hydrogen) atoms. The molecule has 148 valence electrons. The van der Waals surface area contributed by atoms with Gasteiger partial charge in [-0.3, -0.25) is 4.79 Å². The highest BCUT2D eigenvalue weighted by Crippen LogP contribution is 2.24. The number of carbonyl (C=O) groups is 1. The van der Waals surface area contributed by atoms with E-state index in [0.29, 0.717) is 23.6 Å². The molecule has 0 fully saturated rings. The smallest absolute Gasteiger partial charge is 0.246 e. The second kappa shape index (κ2) is 7.26. The van der Waals surface area contributed by atoms with Crippen molar-refractivity contribution < 1.29 is 9.21 Å². The molecule has 0 N–H and O–H groups in total. The summed E-state index contributed by atoms with van der Waals surface area (Å²) in [6.45, 7) is 3.79. The molecular weight excluding hydrogens is 374 g/mol. The number of benzene rings is 3. The van der Waals surface area contributed by atoms with E-state index in [-0.39, 0.29) is 5.78 Å². The molecule has 2 heterocycles. The number of hydrogen-bond donors (Lipinski definition) is 0. The van der Waals surface area contributed by atoms with Crippen molar-refractivity contribution in [3.8, 4) is 11.5 Å². The highest BCUT2D eigenvalue weighted by molar-refractivity contribution is 5.97. The fourth-order valence-corrected chi connectivity index (χ4v) is 3.89. The van der Waals surface area contributed by atoms with Crippen LogP contribution in [-0.2, 0) is 6.42 Å². The zero-order chi connectivity index (χ0) is 20.7. The van der Waals surface area contributed by atoms with E-state index in [0.717, 1.165) is 23.5 Å². The van der Waals surface area contributed by atoms with Gasteiger partial charge in [-0.1, -0.05) is 54.6 Å². The van der Waals surface area contributed by atoms with Crippen molar-refractivity contribution in [2.45, 2.75) is 26.7 Å². The molecule has 0 aliphatic heterocycles. The fourth-order valence-electron chi connectivity index (χ4n) is 3.89. The van der Waals surface area contributed by atoms with Crippen LogP contribution < -0.4 is 0 Å². The standard InChI is InChI=1S/C25H21N3O2/c1-16-25-28(17(2)26-16)27-24(30-25)21-12-10-20(11-13-21)23(29)15-14-19-8-5-7-18-6-3-4-9-22(18)19/h3-13H,14-15H2,1-2H3. The van der Waals surface area contributed by atoms with Gasteiger partial charge in [0.25, 0.3) is 0 Å². The number of rotatable bonds is 5. The molecule has 5 nitrogen and oxygen atoms in total. The van der Waals surface area contributed by atoms with Gasteiger partial charge < -0.3 is 4.42 Å². The number of aromatic nitrogens is 3. The van der Waals surface area contributed by atoms with Gasteiger partial charge in [-0.25, -0.2) is 4.98 Å². The minimum atomic E-state index is 0.130. The average molecular weight is 395 g/mol. The SMILES string of the molecule is Cc1nc(C)n2nc(-c3ccc(C(=O)CCc4cccc5ccccc45)cc3)oc12. The third-order valence-corrected chi connectivity index (χ3v) is 5.48. The summed E-state index contributed by atoms with van der Waals surface area (Å²) in [4.78, 5) is 17.1. The van der Waals surface area contributed by atoms with Gasteiger partial charge >= 0.3 is 0 Å². The fraction of sp³-hybridized carbons (Fsp3) is 0.160. The predicted molar refractivity (Wildman–Crippen MR) is 117 cm³/mol. The first-order valence-corrected chi connectivity index (χ1v) is 10.0. The van der Waals surface area contributed by atoms with Crippen LogP contribution >= 0.6 is 0 Å². The van der Waals surface area contributed by atoms with Gasteiger partial charge in [-0.15, -0.1) is 5.10 Å². The molecule has 5 heteroatoms. The van der Waals surface area contributed by atoms with E-state index in [2.05, 4.69) is 34.3 Å². The van der Waals surface area contributed by atoms with Crippen molar-refractivity contribution in [3.05, 3.63) is 89.4 Å². The number of imidazole rings is 1. The van der Waals surface area contributed by atoms with Crippen LogP contribution in [0.1, 0.15) is 33.9 Å². The summed E-state index contributed by atoms with van der Waals surface area (Å²) >= 11 is 0. The minimum absolute atomic E-state index is 0.130.